The van der Waals surface area contributed by atoms with Gasteiger partial charge in [0.1, 0.15) is 0 Å². The molecule has 1 aromatic carbocycles. The predicted octanol–water partition coefficient (Wildman–Crippen LogP) is 3.99. The molecule has 0 saturated heterocycles. The number of fused-ring (bicyclic) bond motifs is 2. The van der Waals surface area contributed by atoms with E-state index in [4.69, 9.17) is 0 Å². The van der Waals surface area contributed by atoms with Crippen LogP contribution in [0.2, 0.25) is 0 Å². The van der Waals surface area contributed by atoms with Gasteiger partial charge < -0.3 is 15.4 Å². The lowest BCUT2D eigenvalue weighted by atomic mass is 9.85. The highest BCUT2D eigenvalue weighted by atomic mass is 16.5. The second-order valence-electron chi connectivity index (χ2n) is 7.19. The first-order valence-electron chi connectivity index (χ1n) is 10.3. The zero-order valence-electron chi connectivity index (χ0n) is 17.7. The van der Waals surface area contributed by atoms with Crippen LogP contribution in [0.3, 0.4) is 0 Å². The van der Waals surface area contributed by atoms with Crippen LogP contribution < -0.4 is 4.73 Å². The van der Waals surface area contributed by atoms with E-state index < -0.39 is 12.2 Å². The van der Waals surface area contributed by atoms with Crippen LogP contribution in [0, 0.1) is 19.1 Å². The number of aliphatic hydroxyl groups excluding tert-OH is 2. The van der Waals surface area contributed by atoms with Crippen molar-refractivity contribution in [1.82, 2.24) is 0 Å². The number of aliphatic hydroxyl groups is 2. The van der Waals surface area contributed by atoms with Gasteiger partial charge >= 0.3 is 0 Å². The van der Waals surface area contributed by atoms with E-state index in [1.54, 1.807) is 6.08 Å². The largest absolute Gasteiger partial charge is 0.618 e. The summed E-state index contributed by atoms with van der Waals surface area (Å²) >= 11 is 0. The number of rotatable bonds is 5. The van der Waals surface area contributed by atoms with Gasteiger partial charge in [-0.05, 0) is 36.1 Å². The molecule has 1 heterocycles. The van der Waals surface area contributed by atoms with Crippen LogP contribution in [0.25, 0.3) is 6.08 Å². The zero-order chi connectivity index (χ0) is 20.8. The SMILES string of the molecule is CC.CC[C@H](O)C[C@H](O)/C=C/c1c(C)c2c([n+]([O-])c1C)Cc1ccccc1C2. The molecule has 2 atom stereocenters. The molecule has 2 N–H and O–H groups in total. The summed E-state index contributed by atoms with van der Waals surface area (Å²) in [4.78, 5) is 0. The number of pyridine rings is 1. The summed E-state index contributed by atoms with van der Waals surface area (Å²) in [5.74, 6) is 0. The molecular formula is C24H33NO3. The summed E-state index contributed by atoms with van der Waals surface area (Å²) in [7, 11) is 0. The van der Waals surface area contributed by atoms with Crippen LogP contribution in [0.4, 0.5) is 0 Å². The summed E-state index contributed by atoms with van der Waals surface area (Å²) in [5.41, 5.74) is 7.02. The highest BCUT2D eigenvalue weighted by Gasteiger charge is 2.27. The van der Waals surface area contributed by atoms with Gasteiger partial charge in [0.05, 0.1) is 18.6 Å². The molecule has 0 saturated carbocycles. The fourth-order valence-corrected chi connectivity index (χ4v) is 3.75. The first-order chi connectivity index (χ1) is 13.4. The maximum Gasteiger partial charge on any atom is 0.201 e. The molecular weight excluding hydrogens is 350 g/mol. The molecule has 0 aliphatic heterocycles. The van der Waals surface area contributed by atoms with Crippen molar-refractivity contribution in [3.63, 3.8) is 0 Å². The average Bonchev–Trinajstić information content (AvgIpc) is 2.72. The van der Waals surface area contributed by atoms with Crippen molar-refractivity contribution in [2.75, 3.05) is 0 Å². The lowest BCUT2D eigenvalue weighted by molar-refractivity contribution is -0.621. The number of nitrogens with zero attached hydrogens (tertiary/aromatic N) is 1. The molecule has 0 radical (unpaired) electrons. The Morgan fingerprint density at radius 1 is 1.11 bits per heavy atom. The normalized spacial score (nSPS) is 14.7. The molecule has 1 aliphatic rings. The Bertz CT molecular complexity index is 842. The Kier molecular flexibility index (Phi) is 7.78. The predicted molar refractivity (Wildman–Crippen MR) is 114 cm³/mol. The second kappa shape index (κ2) is 9.85. The molecule has 0 bridgehead atoms. The lowest BCUT2D eigenvalue weighted by Crippen LogP contribution is -2.40. The highest BCUT2D eigenvalue weighted by molar-refractivity contribution is 5.59. The third-order valence-corrected chi connectivity index (χ3v) is 5.46. The molecule has 0 spiro atoms. The molecule has 4 nitrogen and oxygen atoms in total. The van der Waals surface area contributed by atoms with Crippen molar-refractivity contribution in [1.29, 1.82) is 0 Å². The maximum atomic E-state index is 12.8. The third kappa shape index (κ3) is 4.62. The van der Waals surface area contributed by atoms with Crippen molar-refractivity contribution >= 4 is 6.08 Å². The molecule has 0 unspecified atom stereocenters. The average molecular weight is 384 g/mol. The van der Waals surface area contributed by atoms with Gasteiger partial charge in [-0.25, -0.2) is 0 Å². The van der Waals surface area contributed by atoms with E-state index in [0.29, 0.717) is 25.0 Å². The van der Waals surface area contributed by atoms with Gasteiger partial charge in [-0.15, -0.1) is 0 Å². The van der Waals surface area contributed by atoms with Gasteiger partial charge in [0.25, 0.3) is 0 Å². The van der Waals surface area contributed by atoms with E-state index in [1.165, 1.54) is 11.1 Å². The first-order valence-corrected chi connectivity index (χ1v) is 10.3. The summed E-state index contributed by atoms with van der Waals surface area (Å²) in [6.07, 6.45) is 4.61. The monoisotopic (exact) mass is 383 g/mol. The van der Waals surface area contributed by atoms with Crippen molar-refractivity contribution in [2.24, 2.45) is 0 Å². The zero-order valence-corrected chi connectivity index (χ0v) is 17.7. The van der Waals surface area contributed by atoms with Crippen LogP contribution >= 0.6 is 0 Å². The quantitative estimate of drug-likeness (QED) is 0.517. The molecule has 2 aromatic rings. The Morgan fingerprint density at radius 2 is 1.71 bits per heavy atom. The highest BCUT2D eigenvalue weighted by Crippen LogP contribution is 2.30. The smallest absolute Gasteiger partial charge is 0.201 e. The summed E-state index contributed by atoms with van der Waals surface area (Å²) in [5, 5.41) is 32.6. The van der Waals surface area contributed by atoms with Crippen LogP contribution in [-0.2, 0) is 12.8 Å². The molecule has 0 amide bonds. The number of hydrogen-bond donors (Lipinski definition) is 2. The van der Waals surface area contributed by atoms with Gasteiger partial charge in [-0.1, -0.05) is 51.1 Å². The molecule has 28 heavy (non-hydrogen) atoms. The van der Waals surface area contributed by atoms with Gasteiger partial charge in [-0.2, -0.15) is 4.73 Å². The first kappa shape index (κ1) is 22.1. The fourth-order valence-electron chi connectivity index (χ4n) is 3.75. The van der Waals surface area contributed by atoms with E-state index in [0.717, 1.165) is 33.5 Å². The third-order valence-electron chi connectivity index (χ3n) is 5.46. The fraction of sp³-hybridized carbons (Fsp3) is 0.458. The number of hydrogen-bond acceptors (Lipinski definition) is 3. The molecule has 3 rings (SSSR count). The Hall–Kier alpha value is -2.17. The van der Waals surface area contributed by atoms with E-state index in [9.17, 15) is 15.4 Å². The minimum atomic E-state index is -0.722. The minimum Gasteiger partial charge on any atom is -0.618 e. The second-order valence-corrected chi connectivity index (χ2v) is 7.19. The molecule has 152 valence electrons. The lowest BCUT2D eigenvalue weighted by Gasteiger charge is -2.23. The van der Waals surface area contributed by atoms with Crippen LogP contribution in [0.5, 0.6) is 0 Å². The van der Waals surface area contributed by atoms with Gasteiger partial charge in [0.15, 0.2) is 5.69 Å². The van der Waals surface area contributed by atoms with Gasteiger partial charge in [0, 0.05) is 30.9 Å². The van der Waals surface area contributed by atoms with E-state index in [2.05, 4.69) is 12.1 Å². The van der Waals surface area contributed by atoms with Gasteiger partial charge in [-0.3, -0.25) is 0 Å². The maximum absolute atomic E-state index is 12.8. The number of aromatic nitrogens is 1. The Labute approximate surface area is 168 Å². The van der Waals surface area contributed by atoms with Crippen molar-refractivity contribution in [2.45, 2.75) is 72.5 Å². The van der Waals surface area contributed by atoms with Crippen molar-refractivity contribution < 1.29 is 14.9 Å². The van der Waals surface area contributed by atoms with Crippen LogP contribution in [0.1, 0.15) is 72.8 Å². The van der Waals surface area contributed by atoms with Crippen LogP contribution in [-0.4, -0.2) is 22.4 Å². The van der Waals surface area contributed by atoms with E-state index >= 15 is 0 Å². The van der Waals surface area contributed by atoms with Crippen LogP contribution in [0.15, 0.2) is 30.3 Å². The standard InChI is InChI=1S/C22H27NO3.C2H6/c1-4-18(24)13-19(25)9-10-20-14(2)21-11-16-7-5-6-8-17(16)12-22(21)23(26)15(20)3;1-2/h5-10,18-19,24-25H,4,11-13H2,1-3H3;1-2H3/b10-9+;/t18-,19+;/m0./s1. The Balaban J connectivity index is 0.00000136. The Morgan fingerprint density at radius 3 is 2.32 bits per heavy atom. The summed E-state index contributed by atoms with van der Waals surface area (Å²) in [6.45, 7) is 9.76. The molecule has 1 aromatic heterocycles. The van der Waals surface area contributed by atoms with Crippen molar-refractivity contribution in [3.8, 4) is 0 Å². The van der Waals surface area contributed by atoms with Crippen molar-refractivity contribution in [3.05, 3.63) is 74.8 Å². The topological polar surface area (TPSA) is 67.4 Å². The van der Waals surface area contributed by atoms with E-state index in [1.807, 2.05) is 52.8 Å². The molecule has 1 aliphatic carbocycles. The van der Waals surface area contributed by atoms with E-state index in [-0.39, 0.29) is 0 Å². The van der Waals surface area contributed by atoms with Gasteiger partial charge in [0.2, 0.25) is 5.69 Å². The number of benzene rings is 1. The minimum absolute atomic E-state index is 0.306. The summed E-state index contributed by atoms with van der Waals surface area (Å²) < 4.78 is 1.05. The molecule has 0 fully saturated rings. The summed E-state index contributed by atoms with van der Waals surface area (Å²) in [6, 6.07) is 8.26. The molecule has 4 heteroatoms.